The maximum absolute atomic E-state index is 14.4. The molecule has 2 aromatic rings. The second kappa shape index (κ2) is 14.1. The molecule has 4 N–H and O–H groups in total. The monoisotopic (exact) mass is 751 g/mol. The average Bonchev–Trinajstić information content (AvgIpc) is 4.06. The molecule has 3 heterocycles. The van der Waals surface area contributed by atoms with Crippen LogP contribution in [0, 0.1) is 23.7 Å². The van der Waals surface area contributed by atoms with Gasteiger partial charge in [-0.25, -0.2) is 18.2 Å². The zero-order valence-corrected chi connectivity index (χ0v) is 31.2. The molecule has 0 spiro atoms. The van der Waals surface area contributed by atoms with E-state index < -0.39 is 74.1 Å². The second-order valence-corrected chi connectivity index (χ2v) is 18.3. The van der Waals surface area contributed by atoms with E-state index in [9.17, 15) is 32.7 Å². The van der Waals surface area contributed by atoms with Gasteiger partial charge in [-0.2, -0.15) is 0 Å². The minimum absolute atomic E-state index is 0.0205. The van der Waals surface area contributed by atoms with Gasteiger partial charge in [0.15, 0.2) is 0 Å². The lowest BCUT2D eigenvalue weighted by Crippen LogP contribution is -2.59. The van der Waals surface area contributed by atoms with Crippen molar-refractivity contribution in [1.29, 1.82) is 0 Å². The van der Waals surface area contributed by atoms with E-state index in [-0.39, 0.29) is 25.3 Å². The highest BCUT2D eigenvalue weighted by Gasteiger charge is 2.63. The third kappa shape index (κ3) is 7.67. The van der Waals surface area contributed by atoms with E-state index in [1.54, 1.807) is 13.1 Å². The third-order valence-electron chi connectivity index (χ3n) is 11.7. The summed E-state index contributed by atoms with van der Waals surface area (Å²) in [6.07, 6.45) is 8.62. The molecule has 14 nitrogen and oxygen atoms in total. The molecule has 7 atom stereocenters. The topological polar surface area (TPSA) is 193 Å². The zero-order valence-electron chi connectivity index (χ0n) is 30.4. The Labute approximate surface area is 309 Å². The largest absolute Gasteiger partial charge is 0.491 e. The van der Waals surface area contributed by atoms with Gasteiger partial charge in [-0.15, -0.1) is 0 Å². The minimum atomic E-state index is -4.00. The molecule has 1 aromatic carbocycles. The fourth-order valence-corrected chi connectivity index (χ4v) is 9.04. The Kier molecular flexibility index (Phi) is 9.83. The Morgan fingerprint density at radius 2 is 1.83 bits per heavy atom. The van der Waals surface area contributed by atoms with E-state index in [0.29, 0.717) is 55.2 Å². The van der Waals surface area contributed by atoms with Crippen molar-refractivity contribution in [3.05, 3.63) is 42.6 Å². The Morgan fingerprint density at radius 3 is 2.53 bits per heavy atom. The van der Waals surface area contributed by atoms with Gasteiger partial charge in [-0.3, -0.25) is 19.1 Å². The number of carbonyl (C=O) groups is 4. The Hall–Kier alpha value is -4.40. The number of pyridine rings is 1. The fourth-order valence-electron chi connectivity index (χ4n) is 7.73. The number of nitrogens with zero attached hydrogens (tertiary/aromatic N) is 2. The standard InChI is InChI=1S/C38H49N5O9S/c1-22-8-4-5-9-25-18-38(25,35(46)42-53(49,50)37(3)14-15-37)41-32(44)29-17-26(20-43(29)34(45)31(23(2)16-22)40-36(47)48)52-33-28-11-7-6-10-27(28)30(19-39-33)51-21-24-12-13-24/h5-7,9-11,19,22-26,29,31,40H,4,8,12-18,20-21H2,1-3H3,(H,41,44)(H,42,46)(H,47,48)/b9-5-/t22-,23-,25-,26-,29+,31+,38-/m1/s1. The van der Waals surface area contributed by atoms with Gasteiger partial charge in [0.25, 0.3) is 5.91 Å². The molecule has 2 aliphatic heterocycles. The molecular weight excluding hydrogens is 703 g/mol. The first kappa shape index (κ1) is 36.9. The summed E-state index contributed by atoms with van der Waals surface area (Å²) in [5, 5.41) is 16.6. The lowest BCUT2D eigenvalue weighted by atomic mass is 9.88. The number of carbonyl (C=O) groups excluding carboxylic acids is 3. The summed E-state index contributed by atoms with van der Waals surface area (Å²) in [5.41, 5.74) is -1.54. The summed E-state index contributed by atoms with van der Waals surface area (Å²) in [5.74, 6) is -1.31. The lowest BCUT2D eigenvalue weighted by Gasteiger charge is -2.32. The number of ether oxygens (including phenoxy) is 2. The number of hydrogen-bond donors (Lipinski definition) is 4. The molecule has 0 bridgehead atoms. The van der Waals surface area contributed by atoms with Crippen LogP contribution in [0.2, 0.25) is 0 Å². The van der Waals surface area contributed by atoms with Crippen LogP contribution in [0.5, 0.6) is 11.6 Å². The van der Waals surface area contributed by atoms with Crippen LogP contribution in [-0.2, 0) is 24.4 Å². The Balaban J connectivity index is 1.20. The molecule has 4 fully saturated rings. The molecule has 15 heteroatoms. The quantitative estimate of drug-likeness (QED) is 0.273. The molecule has 5 aliphatic rings. The Bertz CT molecular complexity index is 1930. The molecule has 286 valence electrons. The van der Waals surface area contributed by atoms with Crippen molar-refractivity contribution in [3.63, 3.8) is 0 Å². The van der Waals surface area contributed by atoms with E-state index in [1.165, 1.54) is 4.90 Å². The minimum Gasteiger partial charge on any atom is -0.491 e. The predicted octanol–water partition coefficient (Wildman–Crippen LogP) is 3.89. The third-order valence-corrected chi connectivity index (χ3v) is 13.9. The first-order valence-corrected chi connectivity index (χ1v) is 20.2. The van der Waals surface area contributed by atoms with Crippen molar-refractivity contribution in [3.8, 4) is 11.6 Å². The first-order chi connectivity index (χ1) is 25.2. The van der Waals surface area contributed by atoms with Gasteiger partial charge in [0.1, 0.15) is 29.5 Å². The molecule has 1 aromatic heterocycles. The molecule has 3 aliphatic carbocycles. The van der Waals surface area contributed by atoms with Crippen molar-refractivity contribution in [2.75, 3.05) is 13.2 Å². The number of amides is 4. The number of fused-ring (bicyclic) bond motifs is 3. The van der Waals surface area contributed by atoms with Gasteiger partial charge >= 0.3 is 6.09 Å². The maximum Gasteiger partial charge on any atom is 0.405 e. The van der Waals surface area contributed by atoms with E-state index >= 15 is 0 Å². The van der Waals surface area contributed by atoms with Crippen LogP contribution in [0.1, 0.15) is 78.6 Å². The summed E-state index contributed by atoms with van der Waals surface area (Å²) >= 11 is 0. The van der Waals surface area contributed by atoms with Gasteiger partial charge in [-0.1, -0.05) is 44.2 Å². The predicted molar refractivity (Wildman–Crippen MR) is 194 cm³/mol. The summed E-state index contributed by atoms with van der Waals surface area (Å²) in [6.45, 7) is 5.99. The molecule has 7 rings (SSSR count). The summed E-state index contributed by atoms with van der Waals surface area (Å²) in [6, 6.07) is 5.23. The smallest absolute Gasteiger partial charge is 0.405 e. The summed E-state index contributed by atoms with van der Waals surface area (Å²) in [4.78, 5) is 60.5. The highest BCUT2D eigenvalue weighted by Crippen LogP contribution is 2.48. The van der Waals surface area contributed by atoms with Crippen LogP contribution in [0.15, 0.2) is 42.6 Å². The zero-order chi connectivity index (χ0) is 37.7. The highest BCUT2D eigenvalue weighted by molar-refractivity contribution is 7.91. The number of aromatic nitrogens is 1. The van der Waals surface area contributed by atoms with Crippen LogP contribution in [0.25, 0.3) is 10.8 Å². The van der Waals surface area contributed by atoms with Crippen LogP contribution in [0.4, 0.5) is 4.79 Å². The number of carboxylic acid groups (broad SMARTS) is 1. The van der Waals surface area contributed by atoms with Crippen molar-refractivity contribution >= 4 is 44.6 Å². The van der Waals surface area contributed by atoms with Gasteiger partial charge in [0.05, 0.1) is 24.1 Å². The SMILES string of the molecule is C[C@@H]1CC/C=C\[C@@H]2C[C@@]2(C(=O)NS(=O)(=O)C2(C)CC2)NC(=O)[C@@H]2C[C@@H](Oc3ncc(OCC4CC4)c4ccccc34)CN2C(=O)[C@@H](NC(=O)O)[C@H](C)C1. The molecule has 0 unspecified atom stereocenters. The average molecular weight is 752 g/mol. The second-order valence-electron chi connectivity index (χ2n) is 16.1. The van der Waals surface area contributed by atoms with Crippen molar-refractivity contribution in [2.24, 2.45) is 23.7 Å². The van der Waals surface area contributed by atoms with E-state index in [0.717, 1.165) is 24.6 Å². The first-order valence-electron chi connectivity index (χ1n) is 18.7. The normalized spacial score (nSPS) is 31.9. The number of rotatable bonds is 9. The molecule has 0 radical (unpaired) electrons. The molecule has 1 saturated heterocycles. The van der Waals surface area contributed by atoms with E-state index in [1.807, 2.05) is 50.3 Å². The van der Waals surface area contributed by atoms with Crippen LogP contribution in [-0.4, -0.2) is 88.8 Å². The summed E-state index contributed by atoms with van der Waals surface area (Å²) < 4.78 is 40.0. The van der Waals surface area contributed by atoms with Gasteiger partial charge < -0.3 is 30.1 Å². The van der Waals surface area contributed by atoms with E-state index in [2.05, 4.69) is 20.3 Å². The highest BCUT2D eigenvalue weighted by atomic mass is 32.2. The van der Waals surface area contributed by atoms with Crippen molar-refractivity contribution in [2.45, 2.75) is 107 Å². The van der Waals surface area contributed by atoms with Gasteiger partial charge in [0, 0.05) is 23.1 Å². The van der Waals surface area contributed by atoms with E-state index in [4.69, 9.17) is 9.47 Å². The molecule has 3 saturated carbocycles. The number of nitrogens with one attached hydrogen (secondary N) is 3. The van der Waals surface area contributed by atoms with Crippen molar-refractivity contribution in [1.82, 2.24) is 25.2 Å². The fraction of sp³-hybridized carbons (Fsp3) is 0.605. The number of hydrogen-bond acceptors (Lipinski definition) is 9. The lowest BCUT2D eigenvalue weighted by molar-refractivity contribution is -0.142. The Morgan fingerprint density at radius 1 is 1.09 bits per heavy atom. The van der Waals surface area contributed by atoms with Crippen molar-refractivity contribution < 1.29 is 42.2 Å². The molecule has 4 amide bonds. The van der Waals surface area contributed by atoms with Gasteiger partial charge in [0.2, 0.25) is 27.7 Å². The summed E-state index contributed by atoms with van der Waals surface area (Å²) in [7, 11) is -4.00. The number of allylic oxidation sites excluding steroid dienone is 1. The van der Waals surface area contributed by atoms with Gasteiger partial charge in [-0.05, 0) is 82.1 Å². The molecular formula is C38H49N5O9S. The van der Waals surface area contributed by atoms with Crippen LogP contribution >= 0.6 is 0 Å². The van der Waals surface area contributed by atoms with Crippen LogP contribution in [0.3, 0.4) is 0 Å². The maximum atomic E-state index is 14.4. The number of sulfonamides is 1. The molecule has 53 heavy (non-hydrogen) atoms. The number of benzene rings is 1. The van der Waals surface area contributed by atoms with Crippen LogP contribution < -0.4 is 24.8 Å².